The number of carboxylic acids is 1. The van der Waals surface area contributed by atoms with E-state index < -0.39 is 12.1 Å². The number of carboxylic acid groups (broad SMARTS) is 1. The zero-order chi connectivity index (χ0) is 18.4. The summed E-state index contributed by atoms with van der Waals surface area (Å²) in [5, 5.41) is 14.0. The van der Waals surface area contributed by atoms with Crippen LogP contribution in [-0.2, 0) is 9.53 Å². The molecule has 26 heavy (non-hydrogen) atoms. The van der Waals surface area contributed by atoms with Gasteiger partial charge in [-0.25, -0.2) is 4.79 Å². The normalized spacial score (nSPS) is 12.3. The molecule has 136 valence electrons. The zero-order valence-corrected chi connectivity index (χ0v) is 14.4. The van der Waals surface area contributed by atoms with Gasteiger partial charge in [-0.15, -0.1) is 0 Å². The molecular formula is C20H22N2O4. The predicted molar refractivity (Wildman–Crippen MR) is 98.2 cm³/mol. The maximum atomic E-state index is 11.9. The number of carbonyl (C=O) groups is 2. The molecule has 0 saturated carbocycles. The third kappa shape index (κ3) is 4.21. The number of hydrogen-bond acceptors (Lipinski definition) is 4. The first-order chi connectivity index (χ1) is 12.7. The van der Waals surface area contributed by atoms with Crippen molar-refractivity contribution in [2.75, 3.05) is 26.2 Å². The Morgan fingerprint density at radius 3 is 2.19 bits per heavy atom. The third-order valence-corrected chi connectivity index (χ3v) is 4.42. The average Bonchev–Trinajstić information content (AvgIpc) is 2.96. The van der Waals surface area contributed by atoms with Crippen LogP contribution in [0.4, 0.5) is 4.79 Å². The molecule has 0 saturated heterocycles. The molecule has 1 aliphatic carbocycles. The Hall–Kier alpha value is -2.86. The van der Waals surface area contributed by atoms with Gasteiger partial charge in [0.25, 0.3) is 0 Å². The van der Waals surface area contributed by atoms with Crippen LogP contribution in [0.15, 0.2) is 48.5 Å². The molecule has 3 N–H and O–H groups in total. The largest absolute Gasteiger partial charge is 0.480 e. The van der Waals surface area contributed by atoms with Crippen LogP contribution in [0.1, 0.15) is 23.5 Å². The molecule has 0 heterocycles. The predicted octanol–water partition coefficient (Wildman–Crippen LogP) is 2.59. The first-order valence-electron chi connectivity index (χ1n) is 8.68. The maximum absolute atomic E-state index is 11.9. The van der Waals surface area contributed by atoms with E-state index in [0.717, 1.165) is 0 Å². The molecule has 2 aromatic rings. The minimum atomic E-state index is -0.894. The van der Waals surface area contributed by atoms with Crippen molar-refractivity contribution in [3.8, 4) is 11.1 Å². The smallest absolute Gasteiger partial charge is 0.407 e. The van der Waals surface area contributed by atoms with E-state index in [1.165, 1.54) is 22.3 Å². The number of rotatable bonds is 8. The highest BCUT2D eigenvalue weighted by molar-refractivity contribution is 5.79. The molecule has 1 aliphatic rings. The fourth-order valence-corrected chi connectivity index (χ4v) is 3.25. The van der Waals surface area contributed by atoms with Crippen LogP contribution in [-0.4, -0.2) is 43.4 Å². The molecule has 0 radical (unpaired) electrons. The Labute approximate surface area is 152 Å². The summed E-state index contributed by atoms with van der Waals surface area (Å²) in [5.41, 5.74) is 4.75. The van der Waals surface area contributed by atoms with Gasteiger partial charge in [0.2, 0.25) is 0 Å². The highest BCUT2D eigenvalue weighted by Gasteiger charge is 2.28. The first-order valence-corrected chi connectivity index (χ1v) is 8.68. The molecule has 0 bridgehead atoms. The lowest BCUT2D eigenvalue weighted by molar-refractivity contribution is -0.135. The number of amides is 1. The van der Waals surface area contributed by atoms with Crippen molar-refractivity contribution < 1.29 is 19.4 Å². The minimum absolute atomic E-state index is 0.0467. The van der Waals surface area contributed by atoms with Gasteiger partial charge < -0.3 is 20.5 Å². The molecule has 2 aromatic carbocycles. The molecular weight excluding hydrogens is 332 g/mol. The summed E-state index contributed by atoms with van der Waals surface area (Å²) in [6.45, 7) is 1.17. The lowest BCUT2D eigenvalue weighted by Crippen LogP contribution is -2.30. The van der Waals surface area contributed by atoms with Gasteiger partial charge in [-0.2, -0.15) is 0 Å². The molecule has 0 unspecified atom stereocenters. The van der Waals surface area contributed by atoms with E-state index in [1.807, 2.05) is 24.3 Å². The van der Waals surface area contributed by atoms with E-state index in [0.29, 0.717) is 19.5 Å². The maximum Gasteiger partial charge on any atom is 0.407 e. The van der Waals surface area contributed by atoms with Crippen LogP contribution >= 0.6 is 0 Å². The highest BCUT2D eigenvalue weighted by Crippen LogP contribution is 2.44. The van der Waals surface area contributed by atoms with E-state index in [-0.39, 0.29) is 19.1 Å². The summed E-state index contributed by atoms with van der Waals surface area (Å²) in [6, 6.07) is 16.4. The number of nitrogens with one attached hydrogen (secondary N) is 2. The van der Waals surface area contributed by atoms with E-state index >= 15 is 0 Å². The van der Waals surface area contributed by atoms with Gasteiger partial charge in [0.1, 0.15) is 6.61 Å². The molecule has 3 rings (SSSR count). The number of aliphatic carboxylic acids is 1. The van der Waals surface area contributed by atoms with Crippen LogP contribution in [0, 0.1) is 0 Å². The quantitative estimate of drug-likeness (QED) is 0.634. The van der Waals surface area contributed by atoms with Gasteiger partial charge >= 0.3 is 12.1 Å². The highest BCUT2D eigenvalue weighted by atomic mass is 16.5. The molecule has 1 amide bonds. The molecule has 0 fully saturated rings. The average molecular weight is 354 g/mol. The van der Waals surface area contributed by atoms with E-state index in [4.69, 9.17) is 9.84 Å². The number of fused-ring (bicyclic) bond motifs is 3. The summed E-state index contributed by atoms with van der Waals surface area (Å²) >= 11 is 0. The lowest BCUT2D eigenvalue weighted by atomic mass is 9.98. The zero-order valence-electron chi connectivity index (χ0n) is 14.4. The molecule has 0 aliphatic heterocycles. The fraction of sp³-hybridized carbons (Fsp3) is 0.300. The van der Waals surface area contributed by atoms with Crippen molar-refractivity contribution in [2.45, 2.75) is 12.3 Å². The number of benzene rings is 2. The first kappa shape index (κ1) is 17.9. The minimum Gasteiger partial charge on any atom is -0.480 e. The SMILES string of the molecule is O=C(O)CNCCCNC(=O)OCC1c2ccccc2-c2ccccc21. The van der Waals surface area contributed by atoms with E-state index in [9.17, 15) is 9.59 Å². The Kier molecular flexibility index (Phi) is 5.86. The van der Waals surface area contributed by atoms with E-state index in [2.05, 4.69) is 34.9 Å². The van der Waals surface area contributed by atoms with Crippen LogP contribution in [0.3, 0.4) is 0 Å². The van der Waals surface area contributed by atoms with Crippen molar-refractivity contribution in [3.05, 3.63) is 59.7 Å². The second kappa shape index (κ2) is 8.49. The molecule has 0 atom stereocenters. The number of alkyl carbamates (subject to hydrolysis) is 1. The topological polar surface area (TPSA) is 87.7 Å². The van der Waals surface area contributed by atoms with Crippen molar-refractivity contribution in [1.29, 1.82) is 0 Å². The van der Waals surface area contributed by atoms with Crippen LogP contribution < -0.4 is 10.6 Å². The number of carbonyl (C=O) groups excluding carboxylic acids is 1. The molecule has 0 aromatic heterocycles. The lowest BCUT2D eigenvalue weighted by Gasteiger charge is -2.14. The van der Waals surface area contributed by atoms with Gasteiger partial charge in [0.05, 0.1) is 6.54 Å². The van der Waals surface area contributed by atoms with Crippen LogP contribution in [0.2, 0.25) is 0 Å². The Morgan fingerprint density at radius 1 is 0.962 bits per heavy atom. The monoisotopic (exact) mass is 354 g/mol. The Balaban J connectivity index is 1.49. The number of ether oxygens (including phenoxy) is 1. The van der Waals surface area contributed by atoms with Crippen LogP contribution in [0.5, 0.6) is 0 Å². The summed E-state index contributed by atoms with van der Waals surface area (Å²) in [5.74, 6) is -0.847. The van der Waals surface area contributed by atoms with Crippen molar-refractivity contribution in [2.24, 2.45) is 0 Å². The summed E-state index contributed by atoms with van der Waals surface area (Å²) < 4.78 is 5.42. The standard InChI is InChI=1S/C20H22N2O4/c23-19(24)12-21-10-5-11-22-20(25)26-13-18-16-8-3-1-6-14(16)15-7-2-4-9-17(15)18/h1-4,6-9,18,21H,5,10-13H2,(H,22,25)(H,23,24). The molecule has 0 spiro atoms. The van der Waals surface area contributed by atoms with Gasteiger partial charge in [0.15, 0.2) is 0 Å². The van der Waals surface area contributed by atoms with Crippen LogP contribution in [0.25, 0.3) is 11.1 Å². The third-order valence-electron chi connectivity index (χ3n) is 4.42. The van der Waals surface area contributed by atoms with Gasteiger partial charge in [0, 0.05) is 12.5 Å². The van der Waals surface area contributed by atoms with Gasteiger partial charge in [-0.3, -0.25) is 4.79 Å². The van der Waals surface area contributed by atoms with Crippen molar-refractivity contribution in [1.82, 2.24) is 10.6 Å². The molecule has 6 nitrogen and oxygen atoms in total. The van der Waals surface area contributed by atoms with Gasteiger partial charge in [-0.05, 0) is 35.2 Å². The summed E-state index contributed by atoms with van der Waals surface area (Å²) in [6.07, 6.45) is 0.183. The van der Waals surface area contributed by atoms with Crippen molar-refractivity contribution >= 4 is 12.1 Å². The number of hydrogen-bond donors (Lipinski definition) is 3. The van der Waals surface area contributed by atoms with Gasteiger partial charge in [-0.1, -0.05) is 48.5 Å². The van der Waals surface area contributed by atoms with Crippen molar-refractivity contribution in [3.63, 3.8) is 0 Å². The second-order valence-corrected chi connectivity index (χ2v) is 6.18. The second-order valence-electron chi connectivity index (χ2n) is 6.18. The molecule has 6 heteroatoms. The Morgan fingerprint density at radius 2 is 1.58 bits per heavy atom. The van der Waals surface area contributed by atoms with E-state index in [1.54, 1.807) is 0 Å². The Bertz CT molecular complexity index is 745. The fourth-order valence-electron chi connectivity index (χ4n) is 3.25. The summed E-state index contributed by atoms with van der Waals surface area (Å²) in [7, 11) is 0. The summed E-state index contributed by atoms with van der Waals surface area (Å²) in [4.78, 5) is 22.3.